The van der Waals surface area contributed by atoms with Gasteiger partial charge in [-0.1, -0.05) is 17.7 Å². The number of anilines is 1. The third kappa shape index (κ3) is 6.24. The number of nitriles is 1. The predicted octanol–water partition coefficient (Wildman–Crippen LogP) is 3.67. The minimum Gasteiger partial charge on any atom is -0.497 e. The standard InChI is InChI=1S/C20H20ClN3O3/c1-14-3-4-16(11-19(14)21)24-20(25)15(12-22)13-23-9-10-27-18-7-5-17(26-2)6-8-18/h3-8,11,13,23H,9-10H2,1-2H3,(H,24,25)/b15-13-. The molecule has 0 aromatic heterocycles. The number of aryl methyl sites for hydroxylation is 1. The number of carbonyl (C=O) groups is 1. The highest BCUT2D eigenvalue weighted by Crippen LogP contribution is 2.20. The van der Waals surface area contributed by atoms with Crippen molar-refractivity contribution in [1.29, 1.82) is 5.26 Å². The molecule has 0 bridgehead atoms. The number of halogens is 1. The van der Waals surface area contributed by atoms with Crippen LogP contribution in [0.15, 0.2) is 54.2 Å². The number of carbonyl (C=O) groups excluding carboxylic acids is 1. The highest BCUT2D eigenvalue weighted by Gasteiger charge is 2.09. The molecule has 0 heterocycles. The van der Waals surface area contributed by atoms with E-state index in [1.54, 1.807) is 49.6 Å². The predicted molar refractivity (Wildman–Crippen MR) is 105 cm³/mol. The lowest BCUT2D eigenvalue weighted by Gasteiger charge is -2.08. The molecule has 7 heteroatoms. The van der Waals surface area contributed by atoms with Gasteiger partial charge in [0.25, 0.3) is 5.91 Å². The molecule has 0 fully saturated rings. The first-order chi connectivity index (χ1) is 13.0. The summed E-state index contributed by atoms with van der Waals surface area (Å²) in [4.78, 5) is 12.2. The number of methoxy groups -OCH3 is 1. The molecule has 2 aromatic rings. The van der Waals surface area contributed by atoms with Gasteiger partial charge in [-0.3, -0.25) is 4.79 Å². The topological polar surface area (TPSA) is 83.4 Å². The van der Waals surface area contributed by atoms with Crippen molar-refractivity contribution in [3.63, 3.8) is 0 Å². The molecule has 140 valence electrons. The van der Waals surface area contributed by atoms with E-state index in [1.807, 2.05) is 13.0 Å². The maximum absolute atomic E-state index is 12.2. The highest BCUT2D eigenvalue weighted by atomic mass is 35.5. The monoisotopic (exact) mass is 385 g/mol. The van der Waals surface area contributed by atoms with Gasteiger partial charge >= 0.3 is 0 Å². The van der Waals surface area contributed by atoms with Crippen LogP contribution in [0.5, 0.6) is 11.5 Å². The molecule has 0 radical (unpaired) electrons. The Morgan fingerprint density at radius 3 is 2.56 bits per heavy atom. The van der Waals surface area contributed by atoms with E-state index in [2.05, 4.69) is 10.6 Å². The van der Waals surface area contributed by atoms with E-state index < -0.39 is 5.91 Å². The van der Waals surface area contributed by atoms with Gasteiger partial charge in [0, 0.05) is 23.5 Å². The molecule has 1 amide bonds. The Balaban J connectivity index is 1.81. The summed E-state index contributed by atoms with van der Waals surface area (Å²) in [5, 5.41) is 15.3. The summed E-state index contributed by atoms with van der Waals surface area (Å²) in [6, 6.07) is 14.2. The quantitative estimate of drug-likeness (QED) is 0.411. The van der Waals surface area contributed by atoms with Crippen LogP contribution in [0.3, 0.4) is 0 Å². The van der Waals surface area contributed by atoms with Crippen LogP contribution in [0.25, 0.3) is 0 Å². The van der Waals surface area contributed by atoms with Gasteiger partial charge in [-0.25, -0.2) is 0 Å². The van der Waals surface area contributed by atoms with E-state index in [-0.39, 0.29) is 5.57 Å². The third-order valence-electron chi connectivity index (χ3n) is 3.62. The zero-order valence-corrected chi connectivity index (χ0v) is 15.8. The first-order valence-electron chi connectivity index (χ1n) is 8.21. The lowest BCUT2D eigenvalue weighted by molar-refractivity contribution is -0.112. The summed E-state index contributed by atoms with van der Waals surface area (Å²) in [6.07, 6.45) is 1.36. The summed E-state index contributed by atoms with van der Waals surface area (Å²) >= 11 is 6.03. The number of hydrogen-bond donors (Lipinski definition) is 2. The summed E-state index contributed by atoms with van der Waals surface area (Å²) in [7, 11) is 1.60. The SMILES string of the molecule is COc1ccc(OCCN/C=C(/C#N)C(=O)Nc2ccc(C)c(Cl)c2)cc1. The van der Waals surface area contributed by atoms with Crippen molar-refractivity contribution >= 4 is 23.2 Å². The zero-order chi connectivity index (χ0) is 19.6. The second-order valence-electron chi connectivity index (χ2n) is 5.57. The van der Waals surface area contributed by atoms with Gasteiger partial charge in [0.2, 0.25) is 0 Å². The number of nitrogens with one attached hydrogen (secondary N) is 2. The average molecular weight is 386 g/mol. The summed E-state index contributed by atoms with van der Waals surface area (Å²) < 4.78 is 10.6. The van der Waals surface area contributed by atoms with Gasteiger partial charge in [0.05, 0.1) is 7.11 Å². The van der Waals surface area contributed by atoms with Crippen molar-refractivity contribution in [3.8, 4) is 17.6 Å². The molecule has 27 heavy (non-hydrogen) atoms. The molecule has 0 unspecified atom stereocenters. The maximum atomic E-state index is 12.2. The van der Waals surface area contributed by atoms with Gasteiger partial charge in [-0.15, -0.1) is 0 Å². The molecule has 0 aliphatic rings. The van der Waals surface area contributed by atoms with E-state index in [9.17, 15) is 4.79 Å². The summed E-state index contributed by atoms with van der Waals surface area (Å²) in [6.45, 7) is 2.67. The summed E-state index contributed by atoms with van der Waals surface area (Å²) in [5.74, 6) is 0.944. The largest absolute Gasteiger partial charge is 0.497 e. The Hall–Kier alpha value is -3.17. The molecule has 0 saturated heterocycles. The molecule has 0 aliphatic carbocycles. The lowest BCUT2D eigenvalue weighted by Crippen LogP contribution is -2.20. The van der Waals surface area contributed by atoms with E-state index in [0.717, 1.165) is 11.3 Å². The van der Waals surface area contributed by atoms with Crippen LogP contribution >= 0.6 is 11.6 Å². The second-order valence-corrected chi connectivity index (χ2v) is 5.97. The fraction of sp³-hybridized carbons (Fsp3) is 0.200. The van der Waals surface area contributed by atoms with Crippen molar-refractivity contribution in [2.24, 2.45) is 0 Å². The van der Waals surface area contributed by atoms with Crippen LogP contribution in [-0.2, 0) is 4.79 Å². The Labute approximate surface area is 163 Å². The Bertz CT molecular complexity index is 858. The lowest BCUT2D eigenvalue weighted by atomic mass is 10.2. The molecule has 2 rings (SSSR count). The van der Waals surface area contributed by atoms with E-state index >= 15 is 0 Å². The summed E-state index contributed by atoms with van der Waals surface area (Å²) in [5.41, 5.74) is 1.39. The van der Waals surface area contributed by atoms with Gasteiger partial charge in [-0.2, -0.15) is 5.26 Å². The van der Waals surface area contributed by atoms with Crippen LogP contribution in [0, 0.1) is 18.3 Å². The van der Waals surface area contributed by atoms with Crippen LogP contribution in [0.2, 0.25) is 5.02 Å². The van der Waals surface area contributed by atoms with Crippen LogP contribution in [0.1, 0.15) is 5.56 Å². The maximum Gasteiger partial charge on any atom is 0.267 e. The van der Waals surface area contributed by atoms with Gasteiger partial charge in [-0.05, 0) is 48.9 Å². The molecule has 6 nitrogen and oxygen atoms in total. The van der Waals surface area contributed by atoms with Crippen LogP contribution in [0.4, 0.5) is 5.69 Å². The van der Waals surface area contributed by atoms with Crippen molar-refractivity contribution < 1.29 is 14.3 Å². The molecule has 2 aromatic carbocycles. The molecule has 0 aliphatic heterocycles. The number of benzene rings is 2. The molecule has 0 saturated carbocycles. The van der Waals surface area contributed by atoms with Crippen LogP contribution in [-0.4, -0.2) is 26.2 Å². The van der Waals surface area contributed by atoms with Crippen LogP contribution < -0.4 is 20.1 Å². The van der Waals surface area contributed by atoms with Gasteiger partial charge in [0.1, 0.15) is 29.7 Å². The molecular weight excluding hydrogens is 366 g/mol. The minimum absolute atomic E-state index is 0.0452. The molecular formula is C20H20ClN3O3. The third-order valence-corrected chi connectivity index (χ3v) is 4.02. The van der Waals surface area contributed by atoms with E-state index in [0.29, 0.717) is 29.6 Å². The number of amides is 1. The Morgan fingerprint density at radius 2 is 1.93 bits per heavy atom. The van der Waals surface area contributed by atoms with Crippen molar-refractivity contribution in [2.45, 2.75) is 6.92 Å². The number of nitrogens with zero attached hydrogens (tertiary/aromatic N) is 1. The molecule has 0 atom stereocenters. The number of ether oxygens (including phenoxy) is 2. The molecule has 0 spiro atoms. The second kappa shape index (κ2) is 10.1. The number of rotatable bonds is 8. The fourth-order valence-electron chi connectivity index (χ4n) is 2.09. The Morgan fingerprint density at radius 1 is 1.22 bits per heavy atom. The fourth-order valence-corrected chi connectivity index (χ4v) is 2.27. The van der Waals surface area contributed by atoms with Gasteiger partial charge < -0.3 is 20.1 Å². The van der Waals surface area contributed by atoms with Crippen molar-refractivity contribution in [1.82, 2.24) is 5.32 Å². The minimum atomic E-state index is -0.513. The van der Waals surface area contributed by atoms with Gasteiger partial charge in [0.15, 0.2) is 0 Å². The smallest absolute Gasteiger partial charge is 0.267 e. The molecule has 2 N–H and O–H groups in total. The normalized spacial score (nSPS) is 10.7. The average Bonchev–Trinajstić information content (AvgIpc) is 2.68. The van der Waals surface area contributed by atoms with E-state index in [4.69, 9.17) is 26.3 Å². The first-order valence-corrected chi connectivity index (χ1v) is 8.59. The first kappa shape index (κ1) is 20.1. The van der Waals surface area contributed by atoms with Crippen molar-refractivity contribution in [2.75, 3.05) is 25.6 Å². The zero-order valence-electron chi connectivity index (χ0n) is 15.1. The number of hydrogen-bond acceptors (Lipinski definition) is 5. The van der Waals surface area contributed by atoms with E-state index in [1.165, 1.54) is 6.20 Å². The highest BCUT2D eigenvalue weighted by molar-refractivity contribution is 6.31. The Kier molecular flexibility index (Phi) is 7.53. The van der Waals surface area contributed by atoms with Crippen molar-refractivity contribution in [3.05, 3.63) is 64.8 Å².